The molecule has 1 nitrogen and oxygen atoms in total. The van der Waals surface area contributed by atoms with Crippen molar-refractivity contribution in [3.63, 3.8) is 0 Å². The molecule has 5 aromatic carbocycles. The topological polar surface area (TPSA) is 3.24 Å². The molecule has 0 radical (unpaired) electrons. The van der Waals surface area contributed by atoms with Crippen LogP contribution in [-0.4, -0.2) is 7.05 Å². The molecule has 0 N–H and O–H groups in total. The van der Waals surface area contributed by atoms with Crippen LogP contribution in [0.4, 0.5) is 11.4 Å². The van der Waals surface area contributed by atoms with Crippen molar-refractivity contribution in [2.75, 3.05) is 11.9 Å². The lowest BCUT2D eigenvalue weighted by Crippen LogP contribution is -2.10. The summed E-state index contributed by atoms with van der Waals surface area (Å²) in [5, 5.41) is 2.56. The molecule has 144 valence electrons. The van der Waals surface area contributed by atoms with Gasteiger partial charge in [-0.05, 0) is 45.7 Å². The minimum Gasteiger partial charge on any atom is -0.344 e. The van der Waals surface area contributed by atoms with Crippen LogP contribution in [0, 0.1) is 0 Å². The zero-order valence-corrected chi connectivity index (χ0v) is 17.0. The summed E-state index contributed by atoms with van der Waals surface area (Å²) in [6.07, 6.45) is 0. The third-order valence-electron chi connectivity index (χ3n) is 5.71. The minimum atomic E-state index is 1.17. The van der Waals surface area contributed by atoms with Crippen LogP contribution in [0.1, 0.15) is 0 Å². The second-order valence-corrected chi connectivity index (χ2v) is 7.52. The Labute approximate surface area is 177 Å². The van der Waals surface area contributed by atoms with E-state index in [1.165, 1.54) is 44.4 Å². The molecule has 1 heteroatoms. The summed E-state index contributed by atoms with van der Waals surface area (Å²) in [5.74, 6) is 0. The Morgan fingerprint density at radius 2 is 1.07 bits per heavy atom. The van der Waals surface area contributed by atoms with Gasteiger partial charge in [-0.15, -0.1) is 0 Å². The summed E-state index contributed by atoms with van der Waals surface area (Å²) in [4.78, 5) is 2.26. The van der Waals surface area contributed by atoms with Gasteiger partial charge in [-0.3, -0.25) is 0 Å². The molecule has 5 aromatic rings. The van der Waals surface area contributed by atoms with E-state index < -0.39 is 0 Å². The van der Waals surface area contributed by atoms with Crippen LogP contribution in [0.15, 0.2) is 121 Å². The molecule has 0 atom stereocenters. The first-order valence-corrected chi connectivity index (χ1v) is 10.3. The lowest BCUT2D eigenvalue weighted by molar-refractivity contribution is 1.21. The van der Waals surface area contributed by atoms with Crippen LogP contribution in [0.5, 0.6) is 0 Å². The van der Waals surface area contributed by atoms with E-state index in [1.807, 2.05) is 0 Å². The maximum absolute atomic E-state index is 2.26. The Morgan fingerprint density at radius 3 is 1.90 bits per heavy atom. The molecule has 0 amide bonds. The van der Waals surface area contributed by atoms with E-state index in [4.69, 9.17) is 0 Å². The molecule has 30 heavy (non-hydrogen) atoms. The monoisotopic (exact) mass is 385 g/mol. The summed E-state index contributed by atoms with van der Waals surface area (Å²) in [6.45, 7) is 0. The number of hydrogen-bond donors (Lipinski definition) is 0. The highest BCUT2D eigenvalue weighted by molar-refractivity contribution is 5.96. The molecule has 0 aliphatic heterocycles. The highest BCUT2D eigenvalue weighted by Gasteiger charge is 2.11. The van der Waals surface area contributed by atoms with Crippen LogP contribution in [-0.2, 0) is 0 Å². The van der Waals surface area contributed by atoms with E-state index in [2.05, 4.69) is 133 Å². The van der Waals surface area contributed by atoms with Gasteiger partial charge in [-0.1, -0.05) is 103 Å². The molecular weight excluding hydrogens is 362 g/mol. The van der Waals surface area contributed by atoms with Gasteiger partial charge >= 0.3 is 0 Å². The third-order valence-corrected chi connectivity index (χ3v) is 5.71. The lowest BCUT2D eigenvalue weighted by Gasteiger charge is -2.23. The average molecular weight is 386 g/mol. The van der Waals surface area contributed by atoms with Gasteiger partial charge in [0.05, 0.1) is 0 Å². The van der Waals surface area contributed by atoms with E-state index in [0.717, 1.165) is 0 Å². The first-order chi connectivity index (χ1) is 14.8. The second kappa shape index (κ2) is 7.88. The van der Waals surface area contributed by atoms with Crippen LogP contribution in [0.25, 0.3) is 33.0 Å². The van der Waals surface area contributed by atoms with Gasteiger partial charge in [-0.25, -0.2) is 0 Å². The van der Waals surface area contributed by atoms with E-state index in [0.29, 0.717) is 0 Å². The smallest absolute Gasteiger partial charge is 0.0487 e. The Kier molecular flexibility index (Phi) is 4.78. The first kappa shape index (κ1) is 18.2. The molecule has 0 saturated carbocycles. The van der Waals surface area contributed by atoms with E-state index >= 15 is 0 Å². The van der Waals surface area contributed by atoms with Crippen LogP contribution < -0.4 is 4.90 Å². The predicted molar refractivity (Wildman–Crippen MR) is 129 cm³/mol. The highest BCUT2D eigenvalue weighted by atomic mass is 15.1. The molecule has 0 aromatic heterocycles. The van der Waals surface area contributed by atoms with E-state index in [9.17, 15) is 0 Å². The van der Waals surface area contributed by atoms with Gasteiger partial charge in [0.25, 0.3) is 0 Å². The zero-order valence-electron chi connectivity index (χ0n) is 17.0. The molecule has 0 aliphatic carbocycles. The fourth-order valence-electron chi connectivity index (χ4n) is 4.11. The molecule has 0 saturated heterocycles. The van der Waals surface area contributed by atoms with Gasteiger partial charge in [-0.2, -0.15) is 0 Å². The van der Waals surface area contributed by atoms with Crippen LogP contribution in [0.3, 0.4) is 0 Å². The van der Waals surface area contributed by atoms with E-state index in [1.54, 1.807) is 0 Å². The molecule has 5 rings (SSSR count). The highest BCUT2D eigenvalue weighted by Crippen LogP contribution is 2.35. The molecule has 0 heterocycles. The van der Waals surface area contributed by atoms with Crippen molar-refractivity contribution in [1.29, 1.82) is 0 Å². The SMILES string of the molecule is CN(c1ccc(-c2cccc3ccccc23)cc1)c1ccccc1-c1ccccc1. The van der Waals surface area contributed by atoms with Crippen molar-refractivity contribution in [3.8, 4) is 22.3 Å². The van der Waals surface area contributed by atoms with Crippen LogP contribution >= 0.6 is 0 Å². The summed E-state index contributed by atoms with van der Waals surface area (Å²) in [6, 6.07) is 43.0. The van der Waals surface area contributed by atoms with Gasteiger partial charge in [0.1, 0.15) is 0 Å². The fourth-order valence-corrected chi connectivity index (χ4v) is 4.11. The number of anilines is 2. The molecule has 0 bridgehead atoms. The Hall–Kier alpha value is -3.84. The summed E-state index contributed by atoms with van der Waals surface area (Å²) in [5.41, 5.74) is 7.34. The van der Waals surface area contributed by atoms with Crippen molar-refractivity contribution in [1.82, 2.24) is 0 Å². The number of fused-ring (bicyclic) bond motifs is 1. The molecule has 0 fully saturated rings. The number of rotatable bonds is 4. The summed E-state index contributed by atoms with van der Waals surface area (Å²) >= 11 is 0. The summed E-state index contributed by atoms with van der Waals surface area (Å²) in [7, 11) is 2.13. The van der Waals surface area contributed by atoms with Crippen molar-refractivity contribution >= 4 is 22.1 Å². The number of hydrogen-bond acceptors (Lipinski definition) is 1. The Morgan fingerprint density at radius 1 is 0.467 bits per heavy atom. The minimum absolute atomic E-state index is 1.17. The van der Waals surface area contributed by atoms with Gasteiger partial charge in [0, 0.05) is 24.0 Å². The average Bonchev–Trinajstić information content (AvgIpc) is 2.84. The maximum atomic E-state index is 2.26. The van der Waals surface area contributed by atoms with Crippen molar-refractivity contribution in [2.24, 2.45) is 0 Å². The molecular formula is C29H23N. The Balaban J connectivity index is 1.51. The van der Waals surface area contributed by atoms with Gasteiger partial charge in [0.15, 0.2) is 0 Å². The largest absolute Gasteiger partial charge is 0.344 e. The number of para-hydroxylation sites is 1. The fraction of sp³-hybridized carbons (Fsp3) is 0.0345. The van der Waals surface area contributed by atoms with Crippen LogP contribution in [0.2, 0.25) is 0 Å². The zero-order chi connectivity index (χ0) is 20.3. The summed E-state index contributed by atoms with van der Waals surface area (Å²) < 4.78 is 0. The predicted octanol–water partition coefficient (Wildman–Crippen LogP) is 7.94. The maximum Gasteiger partial charge on any atom is 0.0487 e. The number of nitrogens with zero attached hydrogens (tertiary/aromatic N) is 1. The molecule has 0 unspecified atom stereocenters. The second-order valence-electron chi connectivity index (χ2n) is 7.52. The standard InChI is InChI=1S/C29H23N/c1-30(29-17-8-7-15-28(29)23-10-3-2-4-11-23)25-20-18-24(19-21-25)27-16-9-13-22-12-5-6-14-26(22)27/h2-21H,1H3. The molecule has 0 spiro atoms. The number of benzene rings is 5. The Bertz CT molecular complexity index is 1280. The first-order valence-electron chi connectivity index (χ1n) is 10.3. The lowest BCUT2D eigenvalue weighted by atomic mass is 9.98. The van der Waals surface area contributed by atoms with Gasteiger partial charge < -0.3 is 4.90 Å². The quantitative estimate of drug-likeness (QED) is 0.303. The van der Waals surface area contributed by atoms with Crippen molar-refractivity contribution in [2.45, 2.75) is 0 Å². The molecule has 0 aliphatic rings. The normalized spacial score (nSPS) is 10.8. The van der Waals surface area contributed by atoms with Crippen molar-refractivity contribution in [3.05, 3.63) is 121 Å². The van der Waals surface area contributed by atoms with Crippen molar-refractivity contribution < 1.29 is 0 Å². The van der Waals surface area contributed by atoms with Gasteiger partial charge in [0.2, 0.25) is 0 Å². The van der Waals surface area contributed by atoms with E-state index in [-0.39, 0.29) is 0 Å². The third kappa shape index (κ3) is 3.35.